The molecule has 2 unspecified atom stereocenters. The predicted octanol–water partition coefficient (Wildman–Crippen LogP) is 3.65. The maximum absolute atomic E-state index is 9.72. The van der Waals surface area contributed by atoms with E-state index in [1.165, 1.54) is 38.5 Å². The smallest absolute Gasteiger partial charge is 0.0799 e. The summed E-state index contributed by atoms with van der Waals surface area (Å²) in [4.78, 5) is 0. The van der Waals surface area contributed by atoms with Gasteiger partial charge in [-0.05, 0) is 12.8 Å². The van der Waals surface area contributed by atoms with Crippen molar-refractivity contribution >= 4 is 0 Å². The van der Waals surface area contributed by atoms with E-state index in [1.807, 2.05) is 0 Å². The Bertz CT molecular complexity index is 121. The molecule has 98 valence electrons. The van der Waals surface area contributed by atoms with Crippen LogP contribution in [0.5, 0.6) is 0 Å². The minimum absolute atomic E-state index is 0.501. The normalized spacial score (nSPS) is 15.0. The average molecular weight is 230 g/mol. The lowest BCUT2D eigenvalue weighted by Crippen LogP contribution is -2.25. The van der Waals surface area contributed by atoms with Crippen LogP contribution in [0.3, 0.4) is 0 Å². The van der Waals surface area contributed by atoms with Crippen LogP contribution < -0.4 is 0 Å². The summed E-state index contributed by atoms with van der Waals surface area (Å²) in [6.07, 6.45) is 9.86. The molecule has 0 heterocycles. The molecule has 0 aliphatic rings. The highest BCUT2D eigenvalue weighted by Crippen LogP contribution is 2.13. The van der Waals surface area contributed by atoms with E-state index in [0.29, 0.717) is 0 Å². The van der Waals surface area contributed by atoms with Crippen LogP contribution in [0.4, 0.5) is 0 Å². The van der Waals surface area contributed by atoms with Gasteiger partial charge in [-0.15, -0.1) is 0 Å². The van der Waals surface area contributed by atoms with Gasteiger partial charge in [0.2, 0.25) is 0 Å². The van der Waals surface area contributed by atoms with Crippen molar-refractivity contribution < 1.29 is 10.2 Å². The van der Waals surface area contributed by atoms with Crippen molar-refractivity contribution in [1.82, 2.24) is 0 Å². The molecular formula is C14H30O2. The summed E-state index contributed by atoms with van der Waals surface area (Å²) in [5.41, 5.74) is 0. The maximum Gasteiger partial charge on any atom is 0.0799 e. The second-order valence-electron chi connectivity index (χ2n) is 4.83. The molecule has 2 atom stereocenters. The van der Waals surface area contributed by atoms with E-state index in [0.717, 1.165) is 25.7 Å². The van der Waals surface area contributed by atoms with Crippen LogP contribution in [0.1, 0.15) is 78.1 Å². The molecule has 16 heavy (non-hydrogen) atoms. The van der Waals surface area contributed by atoms with E-state index < -0.39 is 12.2 Å². The Morgan fingerprint density at radius 1 is 0.625 bits per heavy atom. The SMILES string of the molecule is CCCCCCC(O)C(O)CCCCCC. The van der Waals surface area contributed by atoms with Crippen molar-refractivity contribution in [1.29, 1.82) is 0 Å². The number of aliphatic hydroxyl groups excluding tert-OH is 2. The van der Waals surface area contributed by atoms with Crippen LogP contribution in [0, 0.1) is 0 Å². The van der Waals surface area contributed by atoms with Gasteiger partial charge >= 0.3 is 0 Å². The Kier molecular flexibility index (Phi) is 11.3. The summed E-state index contributed by atoms with van der Waals surface area (Å²) in [5, 5.41) is 19.4. The fraction of sp³-hybridized carbons (Fsp3) is 1.00. The first kappa shape index (κ1) is 15.9. The minimum Gasteiger partial charge on any atom is -0.390 e. The van der Waals surface area contributed by atoms with Crippen molar-refractivity contribution in [3.05, 3.63) is 0 Å². The Morgan fingerprint density at radius 2 is 1.00 bits per heavy atom. The Labute approximate surface area is 101 Å². The third-order valence-corrected chi connectivity index (χ3v) is 3.15. The van der Waals surface area contributed by atoms with Crippen LogP contribution in [0.25, 0.3) is 0 Å². The summed E-state index contributed by atoms with van der Waals surface area (Å²) in [6, 6.07) is 0. The van der Waals surface area contributed by atoms with Gasteiger partial charge < -0.3 is 10.2 Å². The molecule has 0 spiro atoms. The third-order valence-electron chi connectivity index (χ3n) is 3.15. The van der Waals surface area contributed by atoms with E-state index in [-0.39, 0.29) is 0 Å². The summed E-state index contributed by atoms with van der Waals surface area (Å²) in [7, 11) is 0. The number of rotatable bonds is 11. The fourth-order valence-corrected chi connectivity index (χ4v) is 1.95. The molecule has 0 rings (SSSR count). The van der Waals surface area contributed by atoms with Gasteiger partial charge in [0, 0.05) is 0 Å². The van der Waals surface area contributed by atoms with Crippen LogP contribution in [-0.4, -0.2) is 22.4 Å². The summed E-state index contributed by atoms with van der Waals surface area (Å²) < 4.78 is 0. The zero-order valence-electron chi connectivity index (χ0n) is 11.1. The molecule has 0 aliphatic carbocycles. The van der Waals surface area contributed by atoms with E-state index in [2.05, 4.69) is 13.8 Å². The Hall–Kier alpha value is -0.0800. The largest absolute Gasteiger partial charge is 0.390 e. The molecule has 0 bridgehead atoms. The molecule has 0 saturated heterocycles. The lowest BCUT2D eigenvalue weighted by molar-refractivity contribution is 0.00715. The highest BCUT2D eigenvalue weighted by molar-refractivity contribution is 4.67. The Morgan fingerprint density at radius 3 is 1.31 bits per heavy atom. The van der Waals surface area contributed by atoms with Gasteiger partial charge in [0.1, 0.15) is 0 Å². The van der Waals surface area contributed by atoms with Gasteiger partial charge in [-0.25, -0.2) is 0 Å². The van der Waals surface area contributed by atoms with Crippen LogP contribution in [0.15, 0.2) is 0 Å². The van der Waals surface area contributed by atoms with E-state index in [4.69, 9.17) is 0 Å². The van der Waals surface area contributed by atoms with E-state index in [1.54, 1.807) is 0 Å². The monoisotopic (exact) mass is 230 g/mol. The summed E-state index contributed by atoms with van der Waals surface area (Å²) in [5.74, 6) is 0. The van der Waals surface area contributed by atoms with Gasteiger partial charge in [-0.3, -0.25) is 0 Å². The average Bonchev–Trinajstić information content (AvgIpc) is 2.29. The number of hydrogen-bond acceptors (Lipinski definition) is 2. The van der Waals surface area contributed by atoms with Crippen LogP contribution in [-0.2, 0) is 0 Å². The zero-order chi connectivity index (χ0) is 12.2. The van der Waals surface area contributed by atoms with Crippen molar-refractivity contribution in [2.45, 2.75) is 90.3 Å². The third kappa shape index (κ3) is 9.17. The molecule has 2 N–H and O–H groups in total. The molecular weight excluding hydrogens is 200 g/mol. The highest BCUT2D eigenvalue weighted by atomic mass is 16.3. The van der Waals surface area contributed by atoms with Crippen LogP contribution >= 0.6 is 0 Å². The van der Waals surface area contributed by atoms with E-state index >= 15 is 0 Å². The Balaban J connectivity index is 3.38. The van der Waals surface area contributed by atoms with Gasteiger partial charge in [0.25, 0.3) is 0 Å². The first-order valence-electron chi connectivity index (χ1n) is 7.08. The molecule has 2 nitrogen and oxygen atoms in total. The molecule has 2 heteroatoms. The van der Waals surface area contributed by atoms with Crippen molar-refractivity contribution in [3.8, 4) is 0 Å². The van der Waals surface area contributed by atoms with Crippen molar-refractivity contribution in [3.63, 3.8) is 0 Å². The summed E-state index contributed by atoms with van der Waals surface area (Å²) in [6.45, 7) is 4.36. The lowest BCUT2D eigenvalue weighted by atomic mass is 10.0. The first-order valence-corrected chi connectivity index (χ1v) is 7.08. The fourth-order valence-electron chi connectivity index (χ4n) is 1.95. The second-order valence-corrected chi connectivity index (χ2v) is 4.83. The summed E-state index contributed by atoms with van der Waals surface area (Å²) >= 11 is 0. The topological polar surface area (TPSA) is 40.5 Å². The number of unbranched alkanes of at least 4 members (excludes halogenated alkanes) is 6. The van der Waals surface area contributed by atoms with Crippen molar-refractivity contribution in [2.75, 3.05) is 0 Å². The lowest BCUT2D eigenvalue weighted by Gasteiger charge is -2.17. The second kappa shape index (κ2) is 11.4. The first-order chi connectivity index (χ1) is 7.72. The quantitative estimate of drug-likeness (QED) is 0.532. The predicted molar refractivity (Wildman–Crippen MR) is 69.5 cm³/mol. The van der Waals surface area contributed by atoms with Gasteiger partial charge in [-0.1, -0.05) is 65.2 Å². The number of hydrogen-bond donors (Lipinski definition) is 2. The van der Waals surface area contributed by atoms with Crippen molar-refractivity contribution in [2.24, 2.45) is 0 Å². The molecule has 0 aromatic carbocycles. The molecule has 0 aliphatic heterocycles. The zero-order valence-corrected chi connectivity index (χ0v) is 11.1. The van der Waals surface area contributed by atoms with Gasteiger partial charge in [0.05, 0.1) is 12.2 Å². The van der Waals surface area contributed by atoms with Gasteiger partial charge in [-0.2, -0.15) is 0 Å². The van der Waals surface area contributed by atoms with Gasteiger partial charge in [0.15, 0.2) is 0 Å². The maximum atomic E-state index is 9.72. The van der Waals surface area contributed by atoms with Crippen LogP contribution in [0.2, 0.25) is 0 Å². The number of aliphatic hydroxyl groups is 2. The molecule has 0 fully saturated rings. The molecule has 0 radical (unpaired) electrons. The molecule has 0 saturated carbocycles. The molecule has 0 aromatic rings. The standard InChI is InChI=1S/C14H30O2/c1-3-5-7-9-11-13(15)14(16)12-10-8-6-4-2/h13-16H,3-12H2,1-2H3. The van der Waals surface area contributed by atoms with E-state index in [9.17, 15) is 10.2 Å². The highest BCUT2D eigenvalue weighted by Gasteiger charge is 2.14. The molecule has 0 amide bonds. The minimum atomic E-state index is -0.501. The molecule has 0 aromatic heterocycles.